The van der Waals surface area contributed by atoms with Gasteiger partial charge in [-0.1, -0.05) is 5.21 Å². The van der Waals surface area contributed by atoms with Gasteiger partial charge in [-0.15, -0.1) is 5.10 Å². The second-order valence-corrected chi connectivity index (χ2v) is 6.64. The highest BCUT2D eigenvalue weighted by Crippen LogP contribution is 2.12. The second-order valence-electron chi connectivity index (χ2n) is 6.64. The van der Waals surface area contributed by atoms with Gasteiger partial charge in [-0.3, -0.25) is 9.59 Å². The highest BCUT2D eigenvalue weighted by molar-refractivity contribution is 5.77. The van der Waals surface area contributed by atoms with Crippen molar-refractivity contribution >= 4 is 11.7 Å². The molecule has 0 spiro atoms. The van der Waals surface area contributed by atoms with Gasteiger partial charge in [-0.2, -0.15) is 0 Å². The van der Waals surface area contributed by atoms with Crippen molar-refractivity contribution in [1.29, 1.82) is 0 Å². The molecule has 0 bridgehead atoms. The van der Waals surface area contributed by atoms with Gasteiger partial charge in [-0.05, 0) is 19.8 Å². The molecule has 10 nitrogen and oxygen atoms in total. The smallest absolute Gasteiger partial charge is 0.248 e. The molecule has 0 atom stereocenters. The molecule has 2 heterocycles. The number of Topliss-reactive ketones (excluding diaryl/α,β-unsaturated/α-hetero) is 1. The Morgan fingerprint density at radius 2 is 1.79 bits per heavy atom. The van der Waals surface area contributed by atoms with Crippen LogP contribution in [0.5, 0.6) is 0 Å². The molecule has 1 aromatic rings. The van der Waals surface area contributed by atoms with E-state index in [4.69, 9.17) is 18.9 Å². The van der Waals surface area contributed by atoms with Gasteiger partial charge < -0.3 is 23.8 Å². The Kier molecular flexibility index (Phi) is 10.0. The molecule has 0 aliphatic carbocycles. The molecule has 158 valence electrons. The standard InChI is InChI=1S/C18H30N4O6/c1-15(23)11-22-12-16(19-20-22)13-27-9-7-26-8-10-28-14-18(24)21-5-3-17(25-2)4-6-21/h12,17H,3-11,13-14H2,1-2H3. The second kappa shape index (κ2) is 12.6. The minimum Gasteiger partial charge on any atom is -0.381 e. The van der Waals surface area contributed by atoms with Crippen molar-refractivity contribution in [1.82, 2.24) is 19.9 Å². The number of piperidine rings is 1. The predicted molar refractivity (Wildman–Crippen MR) is 98.6 cm³/mol. The predicted octanol–water partition coefficient (Wildman–Crippen LogP) is 0.0543. The van der Waals surface area contributed by atoms with E-state index in [-0.39, 0.29) is 30.9 Å². The summed E-state index contributed by atoms with van der Waals surface area (Å²) in [5.41, 5.74) is 0.664. The number of aromatic nitrogens is 3. The van der Waals surface area contributed by atoms with Crippen LogP contribution in [0.3, 0.4) is 0 Å². The molecule has 0 saturated carbocycles. The lowest BCUT2D eigenvalue weighted by molar-refractivity contribution is -0.139. The Labute approximate surface area is 165 Å². The van der Waals surface area contributed by atoms with Gasteiger partial charge in [0, 0.05) is 20.2 Å². The first kappa shape index (κ1) is 22.4. The van der Waals surface area contributed by atoms with E-state index < -0.39 is 0 Å². The van der Waals surface area contributed by atoms with Gasteiger partial charge in [0.2, 0.25) is 5.91 Å². The summed E-state index contributed by atoms with van der Waals surface area (Å²) < 4.78 is 23.0. The Hall–Kier alpha value is -1.88. The fraction of sp³-hybridized carbons (Fsp3) is 0.778. The maximum Gasteiger partial charge on any atom is 0.248 e. The first-order chi connectivity index (χ1) is 13.6. The number of hydrogen-bond acceptors (Lipinski definition) is 8. The summed E-state index contributed by atoms with van der Waals surface area (Å²) in [6.07, 6.45) is 3.69. The molecule has 1 aromatic heterocycles. The van der Waals surface area contributed by atoms with Crippen molar-refractivity contribution in [3.8, 4) is 0 Å². The zero-order chi connectivity index (χ0) is 20.2. The largest absolute Gasteiger partial charge is 0.381 e. The number of likely N-dealkylation sites (tertiary alicyclic amines) is 1. The van der Waals surface area contributed by atoms with Crippen molar-refractivity contribution in [2.24, 2.45) is 0 Å². The minimum atomic E-state index is 0.00991. The summed E-state index contributed by atoms with van der Waals surface area (Å²) in [5.74, 6) is 0.0288. The van der Waals surface area contributed by atoms with Gasteiger partial charge >= 0.3 is 0 Å². The maximum atomic E-state index is 12.0. The van der Waals surface area contributed by atoms with Crippen LogP contribution in [0.1, 0.15) is 25.5 Å². The highest BCUT2D eigenvalue weighted by atomic mass is 16.5. The maximum absolute atomic E-state index is 12.0. The molecule has 2 rings (SSSR count). The number of nitrogens with zero attached hydrogens (tertiary/aromatic N) is 4. The van der Waals surface area contributed by atoms with Crippen molar-refractivity contribution in [3.05, 3.63) is 11.9 Å². The zero-order valence-corrected chi connectivity index (χ0v) is 16.7. The number of methoxy groups -OCH3 is 1. The van der Waals surface area contributed by atoms with E-state index in [1.54, 1.807) is 13.3 Å². The summed E-state index contributed by atoms with van der Waals surface area (Å²) >= 11 is 0. The molecular formula is C18H30N4O6. The SMILES string of the molecule is COC1CCN(C(=O)COCCOCCOCc2cn(CC(C)=O)nn2)CC1. The van der Waals surface area contributed by atoms with Crippen LogP contribution >= 0.6 is 0 Å². The lowest BCUT2D eigenvalue weighted by Crippen LogP contribution is -2.42. The molecule has 0 unspecified atom stereocenters. The number of ether oxygens (including phenoxy) is 4. The van der Waals surface area contributed by atoms with Gasteiger partial charge in [0.1, 0.15) is 18.8 Å². The van der Waals surface area contributed by atoms with Crippen LogP contribution in [0.15, 0.2) is 6.20 Å². The third-order valence-electron chi connectivity index (χ3n) is 4.32. The van der Waals surface area contributed by atoms with Crippen LogP contribution < -0.4 is 0 Å². The van der Waals surface area contributed by atoms with E-state index in [2.05, 4.69) is 10.3 Å². The highest BCUT2D eigenvalue weighted by Gasteiger charge is 2.22. The fourth-order valence-electron chi connectivity index (χ4n) is 2.82. The van der Waals surface area contributed by atoms with Crippen molar-refractivity contribution in [2.75, 3.05) is 53.2 Å². The Morgan fingerprint density at radius 3 is 2.46 bits per heavy atom. The molecule has 28 heavy (non-hydrogen) atoms. The number of ketones is 1. The van der Waals surface area contributed by atoms with Crippen LogP contribution in [-0.2, 0) is 41.7 Å². The van der Waals surface area contributed by atoms with E-state index in [0.29, 0.717) is 38.7 Å². The molecule has 1 aliphatic heterocycles. The lowest BCUT2D eigenvalue weighted by atomic mass is 10.1. The van der Waals surface area contributed by atoms with Crippen LogP contribution in [-0.4, -0.2) is 90.9 Å². The first-order valence-corrected chi connectivity index (χ1v) is 9.50. The number of carbonyl (C=O) groups excluding carboxylic acids is 2. The van der Waals surface area contributed by atoms with Gasteiger partial charge in [0.25, 0.3) is 0 Å². The number of amides is 1. The summed E-state index contributed by atoms with van der Waals surface area (Å²) in [5, 5.41) is 7.77. The topological polar surface area (TPSA) is 105 Å². The van der Waals surface area contributed by atoms with E-state index in [1.807, 2.05) is 4.90 Å². The molecule has 1 saturated heterocycles. The van der Waals surface area contributed by atoms with E-state index in [1.165, 1.54) is 11.6 Å². The molecule has 0 N–H and O–H groups in total. The van der Waals surface area contributed by atoms with Crippen molar-refractivity contribution in [3.63, 3.8) is 0 Å². The summed E-state index contributed by atoms with van der Waals surface area (Å²) in [7, 11) is 1.71. The van der Waals surface area contributed by atoms with Gasteiger partial charge in [-0.25, -0.2) is 4.68 Å². The van der Waals surface area contributed by atoms with E-state index in [9.17, 15) is 9.59 Å². The first-order valence-electron chi connectivity index (χ1n) is 9.50. The molecule has 0 radical (unpaired) electrons. The molecule has 1 aliphatic rings. The number of rotatable bonds is 13. The molecule has 0 aromatic carbocycles. The Bertz CT molecular complexity index is 601. The van der Waals surface area contributed by atoms with Gasteiger partial charge in [0.15, 0.2) is 5.78 Å². The quantitative estimate of drug-likeness (QED) is 0.430. The van der Waals surface area contributed by atoms with Crippen molar-refractivity contribution < 1.29 is 28.5 Å². The Morgan fingerprint density at radius 1 is 1.11 bits per heavy atom. The molecule has 10 heteroatoms. The van der Waals surface area contributed by atoms with Crippen molar-refractivity contribution in [2.45, 2.75) is 39.0 Å². The van der Waals surface area contributed by atoms with Crippen LogP contribution in [0.25, 0.3) is 0 Å². The average Bonchev–Trinajstić information content (AvgIpc) is 3.13. The number of hydrogen-bond donors (Lipinski definition) is 0. The van der Waals surface area contributed by atoms with E-state index >= 15 is 0 Å². The minimum absolute atomic E-state index is 0.00991. The van der Waals surface area contributed by atoms with Crippen LogP contribution in [0.2, 0.25) is 0 Å². The normalized spacial score (nSPS) is 15.1. The number of carbonyl (C=O) groups is 2. The average molecular weight is 398 g/mol. The zero-order valence-electron chi connectivity index (χ0n) is 16.7. The molecule has 1 amide bonds. The fourth-order valence-corrected chi connectivity index (χ4v) is 2.82. The third kappa shape index (κ3) is 8.42. The molecule has 1 fully saturated rings. The summed E-state index contributed by atoms with van der Waals surface area (Å²) in [6, 6.07) is 0. The summed E-state index contributed by atoms with van der Waals surface area (Å²) in [6.45, 7) is 5.13. The van der Waals surface area contributed by atoms with Gasteiger partial charge in [0.05, 0.1) is 45.3 Å². The Balaban J connectivity index is 1.42. The monoisotopic (exact) mass is 398 g/mol. The third-order valence-corrected chi connectivity index (χ3v) is 4.32. The summed E-state index contributed by atoms with van der Waals surface area (Å²) in [4.78, 5) is 24.8. The van der Waals surface area contributed by atoms with Crippen LogP contribution in [0.4, 0.5) is 0 Å². The lowest BCUT2D eigenvalue weighted by Gasteiger charge is -2.31. The van der Waals surface area contributed by atoms with E-state index in [0.717, 1.165) is 25.9 Å². The van der Waals surface area contributed by atoms with Crippen LogP contribution in [0, 0.1) is 0 Å². The molecular weight excluding hydrogens is 368 g/mol.